The third-order valence-electron chi connectivity index (χ3n) is 3.68. The summed E-state index contributed by atoms with van der Waals surface area (Å²) in [5.74, 6) is -0.158. The van der Waals surface area contributed by atoms with Crippen LogP contribution < -0.4 is 5.73 Å². The molecule has 0 radical (unpaired) electrons. The van der Waals surface area contributed by atoms with Gasteiger partial charge in [-0.25, -0.2) is 0 Å². The van der Waals surface area contributed by atoms with Gasteiger partial charge in [0.15, 0.2) is 0 Å². The fourth-order valence-electron chi connectivity index (χ4n) is 2.38. The minimum absolute atomic E-state index is 0.158. The molecule has 106 valence electrons. The molecule has 2 unspecified atom stereocenters. The predicted molar refractivity (Wildman–Crippen MR) is 84.1 cm³/mol. The van der Waals surface area contributed by atoms with E-state index in [0.29, 0.717) is 11.6 Å². The number of nitrogens with two attached hydrogens (primary N) is 1. The Morgan fingerprint density at radius 2 is 1.75 bits per heavy atom. The summed E-state index contributed by atoms with van der Waals surface area (Å²) in [5, 5.41) is 11.3. The first kappa shape index (κ1) is 15.0. The molecule has 2 atom stereocenters. The van der Waals surface area contributed by atoms with Gasteiger partial charge in [-0.3, -0.25) is 0 Å². The zero-order valence-electron chi connectivity index (χ0n) is 11.8. The molecule has 0 amide bonds. The smallest absolute Gasteiger partial charge is 0.0885 e. The van der Waals surface area contributed by atoms with E-state index >= 15 is 0 Å². The van der Waals surface area contributed by atoms with E-state index < -0.39 is 6.10 Å². The minimum atomic E-state index is -0.699. The van der Waals surface area contributed by atoms with Crippen molar-refractivity contribution < 1.29 is 5.11 Å². The molecule has 3 heteroatoms. The van der Waals surface area contributed by atoms with E-state index in [1.54, 1.807) is 0 Å². The number of benzene rings is 2. The molecule has 3 N–H and O–H groups in total. The molecule has 0 fully saturated rings. The van der Waals surface area contributed by atoms with Crippen molar-refractivity contribution in [1.29, 1.82) is 0 Å². The quantitative estimate of drug-likeness (QED) is 0.901. The molecule has 2 aromatic rings. The molecule has 0 aliphatic heterocycles. The van der Waals surface area contributed by atoms with E-state index in [0.717, 1.165) is 16.7 Å². The Bertz CT molecular complexity index is 580. The van der Waals surface area contributed by atoms with Crippen LogP contribution in [0.1, 0.15) is 34.3 Å². The molecule has 0 saturated carbocycles. The monoisotopic (exact) mass is 289 g/mol. The summed E-state index contributed by atoms with van der Waals surface area (Å²) in [6.07, 6.45) is -0.699. The molecular formula is C17H20ClNO. The van der Waals surface area contributed by atoms with Gasteiger partial charge >= 0.3 is 0 Å². The first-order chi connectivity index (χ1) is 9.54. The highest BCUT2D eigenvalue weighted by Gasteiger charge is 2.23. The second-order valence-corrected chi connectivity index (χ2v) is 5.55. The first-order valence-electron chi connectivity index (χ1n) is 6.74. The van der Waals surface area contributed by atoms with Crippen LogP contribution in [0.15, 0.2) is 42.5 Å². The van der Waals surface area contributed by atoms with Crippen LogP contribution in [0.4, 0.5) is 0 Å². The second kappa shape index (κ2) is 6.40. The number of aryl methyl sites for hydroxylation is 2. The predicted octanol–water partition coefficient (Wildman–Crippen LogP) is 3.73. The Morgan fingerprint density at radius 3 is 2.35 bits per heavy atom. The van der Waals surface area contributed by atoms with Gasteiger partial charge < -0.3 is 10.8 Å². The Hall–Kier alpha value is -1.35. The van der Waals surface area contributed by atoms with E-state index in [-0.39, 0.29) is 5.92 Å². The van der Waals surface area contributed by atoms with Crippen molar-refractivity contribution in [1.82, 2.24) is 0 Å². The average Bonchev–Trinajstić information content (AvgIpc) is 2.44. The van der Waals surface area contributed by atoms with Crippen LogP contribution in [-0.4, -0.2) is 11.7 Å². The van der Waals surface area contributed by atoms with Crippen molar-refractivity contribution in [2.75, 3.05) is 6.54 Å². The molecule has 0 bridgehead atoms. The fraction of sp³-hybridized carbons (Fsp3) is 0.294. The van der Waals surface area contributed by atoms with E-state index in [1.807, 2.05) is 56.3 Å². The van der Waals surface area contributed by atoms with Crippen molar-refractivity contribution in [2.24, 2.45) is 5.73 Å². The highest BCUT2D eigenvalue weighted by Crippen LogP contribution is 2.35. The third kappa shape index (κ3) is 3.04. The molecule has 0 aromatic heterocycles. The summed E-state index contributed by atoms with van der Waals surface area (Å²) in [6.45, 7) is 4.34. The van der Waals surface area contributed by atoms with Crippen LogP contribution in [0, 0.1) is 13.8 Å². The Balaban J connectivity index is 2.36. The van der Waals surface area contributed by atoms with Crippen molar-refractivity contribution in [2.45, 2.75) is 25.9 Å². The van der Waals surface area contributed by atoms with Crippen LogP contribution in [0.5, 0.6) is 0 Å². The van der Waals surface area contributed by atoms with Crippen LogP contribution >= 0.6 is 11.6 Å². The molecule has 0 heterocycles. The van der Waals surface area contributed by atoms with Gasteiger partial charge in [0, 0.05) is 23.0 Å². The van der Waals surface area contributed by atoms with Gasteiger partial charge in [0.1, 0.15) is 0 Å². The Morgan fingerprint density at radius 1 is 1.10 bits per heavy atom. The summed E-state index contributed by atoms with van der Waals surface area (Å²) in [4.78, 5) is 0. The topological polar surface area (TPSA) is 46.2 Å². The van der Waals surface area contributed by atoms with Crippen molar-refractivity contribution in [3.63, 3.8) is 0 Å². The lowest BCUT2D eigenvalue weighted by Crippen LogP contribution is -2.20. The number of hydrogen-bond donors (Lipinski definition) is 2. The lowest BCUT2D eigenvalue weighted by Gasteiger charge is -2.23. The third-order valence-corrected chi connectivity index (χ3v) is 4.20. The van der Waals surface area contributed by atoms with Gasteiger partial charge in [-0.05, 0) is 25.0 Å². The molecule has 0 saturated heterocycles. The zero-order chi connectivity index (χ0) is 14.7. The van der Waals surface area contributed by atoms with Gasteiger partial charge in [-0.15, -0.1) is 0 Å². The zero-order valence-corrected chi connectivity index (χ0v) is 12.6. The number of hydrogen-bond acceptors (Lipinski definition) is 2. The minimum Gasteiger partial charge on any atom is -0.388 e. The normalized spacial score (nSPS) is 14.1. The molecule has 2 aromatic carbocycles. The maximum atomic E-state index is 10.6. The highest BCUT2D eigenvalue weighted by atomic mass is 35.5. The maximum absolute atomic E-state index is 10.6. The highest BCUT2D eigenvalue weighted by molar-refractivity contribution is 6.32. The maximum Gasteiger partial charge on any atom is 0.0885 e. The number of rotatable bonds is 4. The van der Waals surface area contributed by atoms with E-state index in [2.05, 4.69) is 0 Å². The summed E-state index contributed by atoms with van der Waals surface area (Å²) in [6, 6.07) is 13.8. The van der Waals surface area contributed by atoms with Crippen molar-refractivity contribution in [3.8, 4) is 0 Å². The molecule has 2 rings (SSSR count). The lowest BCUT2D eigenvalue weighted by molar-refractivity contribution is 0.147. The first-order valence-corrected chi connectivity index (χ1v) is 7.12. The van der Waals surface area contributed by atoms with Gasteiger partial charge in [-0.1, -0.05) is 59.6 Å². The van der Waals surface area contributed by atoms with E-state index in [4.69, 9.17) is 17.3 Å². The summed E-state index contributed by atoms with van der Waals surface area (Å²) in [5.41, 5.74) is 9.78. The number of halogens is 1. The molecule has 20 heavy (non-hydrogen) atoms. The number of aliphatic hydroxyl groups is 1. The van der Waals surface area contributed by atoms with Crippen LogP contribution in [0.3, 0.4) is 0 Å². The summed E-state index contributed by atoms with van der Waals surface area (Å²) < 4.78 is 0. The molecule has 2 nitrogen and oxygen atoms in total. The van der Waals surface area contributed by atoms with Crippen LogP contribution in [0.2, 0.25) is 5.02 Å². The van der Waals surface area contributed by atoms with Gasteiger partial charge in [0.05, 0.1) is 6.10 Å². The summed E-state index contributed by atoms with van der Waals surface area (Å²) >= 11 is 6.30. The summed E-state index contributed by atoms with van der Waals surface area (Å²) in [7, 11) is 0. The number of aliphatic hydroxyl groups excluding tert-OH is 1. The van der Waals surface area contributed by atoms with E-state index in [1.165, 1.54) is 5.56 Å². The largest absolute Gasteiger partial charge is 0.388 e. The molecular weight excluding hydrogens is 270 g/mol. The van der Waals surface area contributed by atoms with Gasteiger partial charge in [-0.2, -0.15) is 0 Å². The Labute approximate surface area is 125 Å². The fourth-order valence-corrected chi connectivity index (χ4v) is 2.61. The SMILES string of the molecule is Cc1ccc(C(CN)C(O)c2cccc(C)c2Cl)cc1. The average molecular weight is 290 g/mol. The lowest BCUT2D eigenvalue weighted by atomic mass is 9.88. The van der Waals surface area contributed by atoms with E-state index in [9.17, 15) is 5.11 Å². The van der Waals surface area contributed by atoms with Gasteiger partial charge in [0.25, 0.3) is 0 Å². The van der Waals surface area contributed by atoms with Crippen LogP contribution in [0.25, 0.3) is 0 Å². The van der Waals surface area contributed by atoms with Crippen molar-refractivity contribution >= 4 is 11.6 Å². The van der Waals surface area contributed by atoms with Crippen molar-refractivity contribution in [3.05, 3.63) is 69.7 Å². The van der Waals surface area contributed by atoms with Crippen LogP contribution in [-0.2, 0) is 0 Å². The van der Waals surface area contributed by atoms with Gasteiger partial charge in [0.2, 0.25) is 0 Å². The standard InChI is InChI=1S/C17H20ClNO/c1-11-6-8-13(9-7-11)15(10-19)17(20)14-5-3-4-12(2)16(14)18/h3-9,15,17,20H,10,19H2,1-2H3. The molecule has 0 aliphatic rings. The second-order valence-electron chi connectivity index (χ2n) is 5.18. The molecule has 0 spiro atoms. The molecule has 0 aliphatic carbocycles. The Kier molecular flexibility index (Phi) is 4.81.